The summed E-state index contributed by atoms with van der Waals surface area (Å²) in [6.45, 7) is 4.00. The van der Waals surface area contributed by atoms with Crippen LogP contribution in [0.3, 0.4) is 0 Å². The van der Waals surface area contributed by atoms with Gasteiger partial charge in [-0.25, -0.2) is 4.98 Å². The van der Waals surface area contributed by atoms with Gasteiger partial charge < -0.3 is 19.5 Å². The number of aliphatic hydroxyl groups excluding tert-OH is 1. The predicted octanol–water partition coefficient (Wildman–Crippen LogP) is 1.35. The van der Waals surface area contributed by atoms with Crippen molar-refractivity contribution in [1.82, 2.24) is 14.9 Å². The molecule has 2 heterocycles. The van der Waals surface area contributed by atoms with Crippen molar-refractivity contribution in [3.8, 4) is 11.5 Å². The van der Waals surface area contributed by atoms with Crippen molar-refractivity contribution >= 4 is 5.82 Å². The number of aromatic nitrogens is 2. The highest BCUT2D eigenvalue weighted by Gasteiger charge is 2.22. The second-order valence-electron chi connectivity index (χ2n) is 5.97. The van der Waals surface area contributed by atoms with Gasteiger partial charge in [0.05, 0.1) is 26.5 Å². The molecule has 1 N–H and O–H groups in total. The van der Waals surface area contributed by atoms with Gasteiger partial charge in [0.1, 0.15) is 17.3 Å². The Morgan fingerprint density at radius 1 is 1.12 bits per heavy atom. The van der Waals surface area contributed by atoms with Crippen molar-refractivity contribution in [3.05, 3.63) is 42.4 Å². The number of aliphatic hydroxyl groups is 1. The number of β-amino-alcohol motifs (C(OH)–C–C–N with tert-alkyl or cyclic N) is 1. The lowest BCUT2D eigenvalue weighted by atomic mass is 10.1. The summed E-state index contributed by atoms with van der Waals surface area (Å²) in [5.74, 6) is 2.28. The van der Waals surface area contributed by atoms with Gasteiger partial charge in [-0.1, -0.05) is 0 Å². The van der Waals surface area contributed by atoms with E-state index in [1.54, 1.807) is 32.8 Å². The zero-order valence-corrected chi connectivity index (χ0v) is 14.6. The summed E-state index contributed by atoms with van der Waals surface area (Å²) in [4.78, 5) is 12.9. The topological polar surface area (TPSA) is 71.0 Å². The molecule has 0 spiro atoms. The van der Waals surface area contributed by atoms with E-state index in [0.29, 0.717) is 18.0 Å². The lowest BCUT2D eigenvalue weighted by Gasteiger charge is -2.36. The summed E-state index contributed by atoms with van der Waals surface area (Å²) in [7, 11) is 3.22. The maximum Gasteiger partial charge on any atom is 0.147 e. The van der Waals surface area contributed by atoms with E-state index in [2.05, 4.69) is 19.8 Å². The second-order valence-corrected chi connectivity index (χ2v) is 5.97. The van der Waals surface area contributed by atoms with Gasteiger partial charge in [0, 0.05) is 50.7 Å². The number of nitrogens with zero attached hydrogens (tertiary/aromatic N) is 4. The van der Waals surface area contributed by atoms with E-state index in [1.807, 2.05) is 18.2 Å². The Bertz CT molecular complexity index is 675. The minimum atomic E-state index is -0.631. The Morgan fingerprint density at radius 3 is 2.56 bits per heavy atom. The Morgan fingerprint density at radius 2 is 1.92 bits per heavy atom. The van der Waals surface area contributed by atoms with Crippen LogP contribution in [0.1, 0.15) is 11.7 Å². The Kier molecular flexibility index (Phi) is 5.67. The molecule has 2 aromatic rings. The van der Waals surface area contributed by atoms with Crippen LogP contribution in [0.4, 0.5) is 5.82 Å². The highest BCUT2D eigenvalue weighted by molar-refractivity contribution is 5.42. The van der Waals surface area contributed by atoms with Crippen molar-refractivity contribution in [2.24, 2.45) is 0 Å². The Balaban J connectivity index is 1.60. The largest absolute Gasteiger partial charge is 0.497 e. The molecule has 0 bridgehead atoms. The fraction of sp³-hybridized carbons (Fsp3) is 0.444. The van der Waals surface area contributed by atoms with Gasteiger partial charge in [-0.15, -0.1) is 0 Å². The first-order valence-corrected chi connectivity index (χ1v) is 8.34. The molecule has 7 heteroatoms. The van der Waals surface area contributed by atoms with Crippen LogP contribution in [-0.4, -0.2) is 66.9 Å². The van der Waals surface area contributed by atoms with Crippen LogP contribution < -0.4 is 14.4 Å². The molecule has 0 saturated carbocycles. The fourth-order valence-electron chi connectivity index (χ4n) is 3.06. The van der Waals surface area contributed by atoms with Crippen LogP contribution in [0.25, 0.3) is 0 Å². The highest BCUT2D eigenvalue weighted by Crippen LogP contribution is 2.30. The van der Waals surface area contributed by atoms with E-state index < -0.39 is 6.10 Å². The molecule has 0 amide bonds. The summed E-state index contributed by atoms with van der Waals surface area (Å²) in [6.07, 6.45) is 4.54. The minimum absolute atomic E-state index is 0.553. The number of ether oxygens (including phenoxy) is 2. The van der Waals surface area contributed by atoms with Gasteiger partial charge in [-0.2, -0.15) is 0 Å². The maximum atomic E-state index is 10.7. The molecule has 1 saturated heterocycles. The molecule has 1 aromatic carbocycles. The monoisotopic (exact) mass is 344 g/mol. The van der Waals surface area contributed by atoms with Crippen molar-refractivity contribution in [1.29, 1.82) is 0 Å². The van der Waals surface area contributed by atoms with Gasteiger partial charge in [-0.3, -0.25) is 9.88 Å². The average molecular weight is 344 g/mol. The molecule has 1 unspecified atom stereocenters. The van der Waals surface area contributed by atoms with Crippen LogP contribution in [-0.2, 0) is 0 Å². The van der Waals surface area contributed by atoms with E-state index in [9.17, 15) is 5.11 Å². The molecule has 3 rings (SSSR count). The number of hydrogen-bond acceptors (Lipinski definition) is 7. The Labute approximate surface area is 147 Å². The smallest absolute Gasteiger partial charge is 0.147 e. The summed E-state index contributed by atoms with van der Waals surface area (Å²) in [6, 6.07) is 5.48. The third kappa shape index (κ3) is 4.18. The van der Waals surface area contributed by atoms with Gasteiger partial charge in [-0.05, 0) is 18.2 Å². The summed E-state index contributed by atoms with van der Waals surface area (Å²) < 4.78 is 10.6. The van der Waals surface area contributed by atoms with Crippen LogP contribution >= 0.6 is 0 Å². The lowest BCUT2D eigenvalue weighted by molar-refractivity contribution is 0.107. The number of methoxy groups -OCH3 is 2. The number of benzene rings is 1. The predicted molar refractivity (Wildman–Crippen MR) is 95.2 cm³/mol. The van der Waals surface area contributed by atoms with Gasteiger partial charge in [0.2, 0.25) is 0 Å². The molecule has 1 aromatic heterocycles. The van der Waals surface area contributed by atoms with Crippen LogP contribution in [0.5, 0.6) is 11.5 Å². The molecule has 1 aliphatic rings. The quantitative estimate of drug-likeness (QED) is 0.848. The lowest BCUT2D eigenvalue weighted by Crippen LogP contribution is -2.47. The second kappa shape index (κ2) is 8.13. The third-order valence-corrected chi connectivity index (χ3v) is 4.47. The van der Waals surface area contributed by atoms with Crippen LogP contribution in [0.15, 0.2) is 36.8 Å². The minimum Gasteiger partial charge on any atom is -0.497 e. The third-order valence-electron chi connectivity index (χ3n) is 4.47. The normalized spacial score (nSPS) is 16.5. The van der Waals surface area contributed by atoms with E-state index in [0.717, 1.165) is 37.6 Å². The summed E-state index contributed by atoms with van der Waals surface area (Å²) >= 11 is 0. The van der Waals surface area contributed by atoms with Crippen molar-refractivity contribution in [3.63, 3.8) is 0 Å². The summed E-state index contributed by atoms with van der Waals surface area (Å²) in [5.41, 5.74) is 0.748. The van der Waals surface area contributed by atoms with Crippen LogP contribution in [0, 0.1) is 0 Å². The number of piperazine rings is 1. The molecule has 25 heavy (non-hydrogen) atoms. The summed E-state index contributed by atoms with van der Waals surface area (Å²) in [5, 5.41) is 10.7. The van der Waals surface area contributed by atoms with Crippen LogP contribution in [0.2, 0.25) is 0 Å². The van der Waals surface area contributed by atoms with E-state index in [4.69, 9.17) is 9.47 Å². The molecular weight excluding hydrogens is 320 g/mol. The standard InChI is InChI=1S/C18H24N4O3/c1-24-14-3-4-17(25-2)15(11-14)16(23)13-21-7-9-22(10-8-21)18-12-19-5-6-20-18/h3-6,11-12,16,23H,7-10,13H2,1-2H3. The zero-order valence-electron chi connectivity index (χ0n) is 14.6. The van der Waals surface area contributed by atoms with Gasteiger partial charge in [0.25, 0.3) is 0 Å². The van der Waals surface area contributed by atoms with Gasteiger partial charge >= 0.3 is 0 Å². The molecule has 1 atom stereocenters. The number of rotatable bonds is 6. The Hall–Kier alpha value is -2.38. The molecule has 1 aliphatic heterocycles. The first-order valence-electron chi connectivity index (χ1n) is 8.34. The average Bonchev–Trinajstić information content (AvgIpc) is 2.68. The molecule has 1 fully saturated rings. The SMILES string of the molecule is COc1ccc(OC)c(C(O)CN2CCN(c3cnccn3)CC2)c1. The molecule has 0 radical (unpaired) electrons. The molecule has 0 aliphatic carbocycles. The van der Waals surface area contributed by atoms with E-state index in [1.165, 1.54) is 0 Å². The van der Waals surface area contributed by atoms with Crippen molar-refractivity contribution in [2.75, 3.05) is 51.8 Å². The molecule has 134 valence electrons. The molecular formula is C18H24N4O3. The first kappa shape index (κ1) is 17.4. The number of hydrogen-bond donors (Lipinski definition) is 1. The first-order chi connectivity index (χ1) is 12.2. The zero-order chi connectivity index (χ0) is 17.6. The highest BCUT2D eigenvalue weighted by atomic mass is 16.5. The van der Waals surface area contributed by atoms with Gasteiger partial charge in [0.15, 0.2) is 0 Å². The number of anilines is 1. The maximum absolute atomic E-state index is 10.7. The molecule has 7 nitrogen and oxygen atoms in total. The fourth-order valence-corrected chi connectivity index (χ4v) is 3.06. The van der Waals surface area contributed by atoms with Crippen molar-refractivity contribution in [2.45, 2.75) is 6.10 Å². The van der Waals surface area contributed by atoms with E-state index >= 15 is 0 Å². The van der Waals surface area contributed by atoms with E-state index in [-0.39, 0.29) is 0 Å². The van der Waals surface area contributed by atoms with Crippen molar-refractivity contribution < 1.29 is 14.6 Å².